The fraction of sp³-hybridized carbons (Fsp3) is 0.208. The molecule has 0 radical (unpaired) electrons. The van der Waals surface area contributed by atoms with E-state index in [-0.39, 0.29) is 22.3 Å². The Balaban J connectivity index is 1.51. The molecular formula is C24H23F2N3O3S. The minimum absolute atomic E-state index is 0.0447. The van der Waals surface area contributed by atoms with Gasteiger partial charge in [-0.1, -0.05) is 18.2 Å². The van der Waals surface area contributed by atoms with E-state index >= 15 is 0 Å². The Morgan fingerprint density at radius 1 is 0.788 bits per heavy atom. The van der Waals surface area contributed by atoms with Gasteiger partial charge in [0.1, 0.15) is 18.2 Å². The molecule has 0 unspecified atom stereocenters. The van der Waals surface area contributed by atoms with E-state index in [1.807, 2.05) is 4.90 Å². The summed E-state index contributed by atoms with van der Waals surface area (Å²) in [6.07, 6.45) is 0. The van der Waals surface area contributed by atoms with Crippen LogP contribution in [0.2, 0.25) is 0 Å². The number of benzene rings is 3. The third kappa shape index (κ3) is 5.14. The first-order valence-electron chi connectivity index (χ1n) is 10.5. The van der Waals surface area contributed by atoms with Gasteiger partial charge in [-0.3, -0.25) is 9.10 Å². The molecular weight excluding hydrogens is 448 g/mol. The Hall–Kier alpha value is -3.46. The Bertz CT molecular complexity index is 1200. The van der Waals surface area contributed by atoms with Gasteiger partial charge in [-0.25, -0.2) is 17.2 Å². The fourth-order valence-electron chi connectivity index (χ4n) is 3.73. The van der Waals surface area contributed by atoms with Crippen LogP contribution in [0.1, 0.15) is 0 Å². The van der Waals surface area contributed by atoms with E-state index < -0.39 is 22.4 Å². The highest BCUT2D eigenvalue weighted by molar-refractivity contribution is 7.92. The van der Waals surface area contributed by atoms with Crippen LogP contribution in [-0.4, -0.2) is 51.9 Å². The number of nitrogens with zero attached hydrogens (tertiary/aromatic N) is 3. The lowest BCUT2D eigenvalue weighted by Gasteiger charge is -2.37. The molecule has 1 aliphatic rings. The molecule has 172 valence electrons. The summed E-state index contributed by atoms with van der Waals surface area (Å²) in [4.78, 5) is 16.8. The molecule has 0 bridgehead atoms. The highest BCUT2D eigenvalue weighted by Crippen LogP contribution is 2.24. The molecule has 4 rings (SSSR count). The quantitative estimate of drug-likeness (QED) is 0.552. The third-order valence-corrected chi connectivity index (χ3v) is 7.34. The number of piperazine rings is 1. The smallest absolute Gasteiger partial charge is 0.264 e. The molecule has 1 aliphatic heterocycles. The zero-order valence-corrected chi connectivity index (χ0v) is 18.6. The van der Waals surface area contributed by atoms with E-state index in [0.29, 0.717) is 26.2 Å². The molecule has 1 heterocycles. The second-order valence-corrected chi connectivity index (χ2v) is 9.51. The molecule has 1 fully saturated rings. The SMILES string of the molecule is O=C(CN(c1ccc(F)cc1)S(=O)(=O)c1ccccc1)N1CCN(c2ccc(F)cc2)CC1. The first-order valence-corrected chi connectivity index (χ1v) is 11.9. The number of carbonyl (C=O) groups excluding carboxylic acids is 1. The highest BCUT2D eigenvalue weighted by Gasteiger charge is 2.30. The first kappa shape index (κ1) is 22.7. The average Bonchev–Trinajstić information content (AvgIpc) is 2.84. The molecule has 0 spiro atoms. The van der Waals surface area contributed by atoms with Crippen molar-refractivity contribution in [1.29, 1.82) is 0 Å². The molecule has 1 amide bonds. The van der Waals surface area contributed by atoms with Crippen LogP contribution in [-0.2, 0) is 14.8 Å². The Labute approximate surface area is 191 Å². The zero-order valence-electron chi connectivity index (χ0n) is 17.8. The zero-order chi connectivity index (χ0) is 23.4. The maximum Gasteiger partial charge on any atom is 0.264 e. The Morgan fingerprint density at radius 2 is 1.33 bits per heavy atom. The van der Waals surface area contributed by atoms with Crippen LogP contribution in [0.5, 0.6) is 0 Å². The van der Waals surface area contributed by atoms with Gasteiger partial charge in [-0.15, -0.1) is 0 Å². The Morgan fingerprint density at radius 3 is 1.91 bits per heavy atom. The van der Waals surface area contributed by atoms with Crippen molar-refractivity contribution in [2.45, 2.75) is 4.90 Å². The first-order chi connectivity index (χ1) is 15.8. The highest BCUT2D eigenvalue weighted by atomic mass is 32.2. The van der Waals surface area contributed by atoms with E-state index in [1.165, 1.54) is 36.4 Å². The molecule has 0 aliphatic carbocycles. The normalized spacial score (nSPS) is 14.2. The summed E-state index contributed by atoms with van der Waals surface area (Å²) in [5.41, 5.74) is 1.07. The van der Waals surface area contributed by atoms with Crippen molar-refractivity contribution in [3.05, 3.63) is 90.5 Å². The number of sulfonamides is 1. The minimum atomic E-state index is -4.04. The predicted molar refractivity (Wildman–Crippen MR) is 123 cm³/mol. The number of rotatable bonds is 6. The van der Waals surface area contributed by atoms with Crippen molar-refractivity contribution >= 4 is 27.3 Å². The lowest BCUT2D eigenvalue weighted by atomic mass is 10.2. The van der Waals surface area contributed by atoms with E-state index in [1.54, 1.807) is 35.2 Å². The van der Waals surface area contributed by atoms with Gasteiger partial charge in [-0.2, -0.15) is 0 Å². The molecule has 33 heavy (non-hydrogen) atoms. The molecule has 0 N–H and O–H groups in total. The second kappa shape index (κ2) is 9.58. The minimum Gasteiger partial charge on any atom is -0.368 e. The summed E-state index contributed by atoms with van der Waals surface area (Å²) >= 11 is 0. The van der Waals surface area contributed by atoms with Gasteiger partial charge in [0.15, 0.2) is 0 Å². The molecule has 0 saturated carbocycles. The van der Waals surface area contributed by atoms with Gasteiger partial charge >= 0.3 is 0 Å². The standard InChI is InChI=1S/C24H23F2N3O3S/c25-19-6-10-21(11-7-19)27-14-16-28(17-15-27)24(30)18-29(22-12-8-20(26)9-13-22)33(31,32)23-4-2-1-3-5-23/h1-13H,14-18H2. The van der Waals surface area contributed by atoms with Gasteiger partial charge in [0.05, 0.1) is 10.6 Å². The van der Waals surface area contributed by atoms with E-state index in [9.17, 15) is 22.0 Å². The van der Waals surface area contributed by atoms with Crippen molar-refractivity contribution in [2.75, 3.05) is 41.9 Å². The van der Waals surface area contributed by atoms with Crippen LogP contribution in [0, 0.1) is 11.6 Å². The van der Waals surface area contributed by atoms with Crippen LogP contribution in [0.3, 0.4) is 0 Å². The molecule has 3 aromatic carbocycles. The number of amides is 1. The summed E-state index contributed by atoms with van der Waals surface area (Å²) < 4.78 is 54.3. The van der Waals surface area contributed by atoms with Crippen LogP contribution in [0.15, 0.2) is 83.8 Å². The van der Waals surface area contributed by atoms with Gasteiger partial charge in [0.2, 0.25) is 5.91 Å². The van der Waals surface area contributed by atoms with E-state index in [2.05, 4.69) is 0 Å². The van der Waals surface area contributed by atoms with E-state index in [4.69, 9.17) is 0 Å². The molecule has 6 nitrogen and oxygen atoms in total. The van der Waals surface area contributed by atoms with Crippen LogP contribution in [0.4, 0.5) is 20.2 Å². The number of halogens is 2. The summed E-state index contributed by atoms with van der Waals surface area (Å²) in [6.45, 7) is 1.48. The maximum absolute atomic E-state index is 13.5. The summed E-state index contributed by atoms with van der Waals surface area (Å²) in [7, 11) is -4.04. The summed E-state index contributed by atoms with van der Waals surface area (Å²) in [5.74, 6) is -1.16. The number of carbonyl (C=O) groups is 1. The monoisotopic (exact) mass is 471 g/mol. The molecule has 0 aromatic heterocycles. The largest absolute Gasteiger partial charge is 0.368 e. The lowest BCUT2D eigenvalue weighted by molar-refractivity contribution is -0.129. The number of hydrogen-bond donors (Lipinski definition) is 0. The topological polar surface area (TPSA) is 60.9 Å². The molecule has 1 saturated heterocycles. The predicted octanol–water partition coefficient (Wildman–Crippen LogP) is 3.51. The van der Waals surface area contributed by atoms with Crippen molar-refractivity contribution in [1.82, 2.24) is 4.90 Å². The molecule has 3 aromatic rings. The number of anilines is 2. The van der Waals surface area contributed by atoms with Crippen molar-refractivity contribution in [3.63, 3.8) is 0 Å². The van der Waals surface area contributed by atoms with Gasteiger partial charge in [0.25, 0.3) is 10.0 Å². The van der Waals surface area contributed by atoms with Crippen LogP contribution < -0.4 is 9.21 Å². The summed E-state index contributed by atoms with van der Waals surface area (Å²) in [5, 5.41) is 0. The average molecular weight is 472 g/mol. The van der Waals surface area contributed by atoms with Crippen LogP contribution in [0.25, 0.3) is 0 Å². The maximum atomic E-state index is 13.5. The fourth-order valence-corrected chi connectivity index (χ4v) is 5.17. The van der Waals surface area contributed by atoms with Crippen molar-refractivity contribution < 1.29 is 22.0 Å². The lowest BCUT2D eigenvalue weighted by Crippen LogP contribution is -2.52. The van der Waals surface area contributed by atoms with Gasteiger partial charge in [0, 0.05) is 31.9 Å². The summed E-state index contributed by atoms with van der Waals surface area (Å²) in [6, 6.07) is 19.0. The van der Waals surface area contributed by atoms with Crippen molar-refractivity contribution in [3.8, 4) is 0 Å². The molecule has 0 atom stereocenters. The van der Waals surface area contributed by atoms with E-state index in [0.717, 1.165) is 22.1 Å². The van der Waals surface area contributed by atoms with Crippen LogP contribution >= 0.6 is 0 Å². The van der Waals surface area contributed by atoms with Crippen molar-refractivity contribution in [2.24, 2.45) is 0 Å². The second-order valence-electron chi connectivity index (χ2n) is 7.65. The van der Waals surface area contributed by atoms with Gasteiger partial charge < -0.3 is 9.80 Å². The molecule has 9 heteroatoms. The number of hydrogen-bond acceptors (Lipinski definition) is 4. The van der Waals surface area contributed by atoms with Gasteiger partial charge in [-0.05, 0) is 60.7 Å². The third-order valence-electron chi connectivity index (χ3n) is 5.55. The Kier molecular flexibility index (Phi) is 6.60.